The first kappa shape index (κ1) is 14.8. The maximum Gasteiger partial charge on any atom is 0.235 e. The molecule has 1 aliphatic carbocycles. The molecule has 0 atom stereocenters. The average Bonchev–Trinajstić information content (AvgIpc) is 3.29. The largest absolute Gasteiger partial charge is 0.325 e. The summed E-state index contributed by atoms with van der Waals surface area (Å²) in [6.07, 6.45) is 1.65. The summed E-state index contributed by atoms with van der Waals surface area (Å²) in [6, 6.07) is 14.4. The molecule has 1 fully saturated rings. The number of rotatable bonds is 4. The summed E-state index contributed by atoms with van der Waals surface area (Å²) < 4.78 is 0. The molecule has 4 heteroatoms. The van der Waals surface area contributed by atoms with Crippen molar-refractivity contribution in [3.63, 3.8) is 0 Å². The summed E-state index contributed by atoms with van der Waals surface area (Å²) >= 11 is 6.03. The Morgan fingerprint density at radius 2 is 1.77 bits per heavy atom. The maximum absolute atomic E-state index is 12.6. The normalized spacial score (nSPS) is 15.2. The van der Waals surface area contributed by atoms with E-state index in [1.165, 1.54) is 6.92 Å². The highest BCUT2D eigenvalue weighted by molar-refractivity contribution is 6.30. The molecule has 0 aromatic heterocycles. The van der Waals surface area contributed by atoms with Gasteiger partial charge in [-0.3, -0.25) is 9.59 Å². The van der Waals surface area contributed by atoms with Crippen LogP contribution in [0, 0.1) is 0 Å². The highest BCUT2D eigenvalue weighted by Gasteiger charge is 2.51. The minimum atomic E-state index is -0.468. The molecule has 3 rings (SSSR count). The topological polar surface area (TPSA) is 46.2 Å². The molecule has 2 aromatic carbocycles. The Kier molecular flexibility index (Phi) is 3.75. The molecule has 0 spiro atoms. The molecule has 2 aromatic rings. The number of ketones is 1. The van der Waals surface area contributed by atoms with Crippen molar-refractivity contribution in [2.45, 2.75) is 25.2 Å². The van der Waals surface area contributed by atoms with E-state index in [1.807, 2.05) is 18.2 Å². The summed E-state index contributed by atoms with van der Waals surface area (Å²) in [6.45, 7) is 1.52. The second kappa shape index (κ2) is 5.58. The second-order valence-corrected chi connectivity index (χ2v) is 6.12. The van der Waals surface area contributed by atoms with E-state index in [0.29, 0.717) is 16.3 Å². The van der Waals surface area contributed by atoms with Crippen LogP contribution in [0.4, 0.5) is 5.69 Å². The van der Waals surface area contributed by atoms with Gasteiger partial charge in [-0.15, -0.1) is 0 Å². The van der Waals surface area contributed by atoms with Crippen molar-refractivity contribution in [2.75, 3.05) is 5.32 Å². The monoisotopic (exact) mass is 313 g/mol. The van der Waals surface area contributed by atoms with Crippen molar-refractivity contribution in [2.24, 2.45) is 0 Å². The van der Waals surface area contributed by atoms with Crippen molar-refractivity contribution in [3.05, 3.63) is 64.7 Å². The van der Waals surface area contributed by atoms with Crippen LogP contribution in [0.5, 0.6) is 0 Å². The molecule has 0 unspecified atom stereocenters. The van der Waals surface area contributed by atoms with Crippen molar-refractivity contribution < 1.29 is 9.59 Å². The zero-order chi connectivity index (χ0) is 15.7. The Morgan fingerprint density at radius 1 is 1.09 bits per heavy atom. The summed E-state index contributed by atoms with van der Waals surface area (Å²) in [7, 11) is 0. The van der Waals surface area contributed by atoms with Crippen LogP contribution in [0.1, 0.15) is 35.7 Å². The van der Waals surface area contributed by atoms with E-state index >= 15 is 0 Å². The number of hydrogen-bond acceptors (Lipinski definition) is 2. The molecule has 1 aliphatic rings. The smallest absolute Gasteiger partial charge is 0.235 e. The predicted octanol–water partition coefficient (Wildman–Crippen LogP) is 4.21. The standard InChI is InChI=1S/C18H16ClNO2/c1-12(21)13-5-7-16(8-6-13)20-17(22)18(9-10-18)14-3-2-4-15(19)11-14/h2-8,11H,9-10H2,1H3,(H,20,22). The van der Waals surface area contributed by atoms with Gasteiger partial charge in [-0.2, -0.15) is 0 Å². The lowest BCUT2D eigenvalue weighted by Crippen LogP contribution is -2.27. The molecule has 0 bridgehead atoms. The summed E-state index contributed by atoms with van der Waals surface area (Å²) in [5.74, 6) is -0.0131. The van der Waals surface area contributed by atoms with Crippen molar-refractivity contribution >= 4 is 29.0 Å². The highest BCUT2D eigenvalue weighted by atomic mass is 35.5. The number of Topliss-reactive ketones (excluding diaryl/α,β-unsaturated/α-hetero) is 1. The van der Waals surface area contributed by atoms with Crippen LogP contribution >= 0.6 is 11.6 Å². The molecular weight excluding hydrogens is 298 g/mol. The van der Waals surface area contributed by atoms with Gasteiger partial charge < -0.3 is 5.32 Å². The predicted molar refractivity (Wildman–Crippen MR) is 87.4 cm³/mol. The zero-order valence-corrected chi connectivity index (χ0v) is 13.0. The fraction of sp³-hybridized carbons (Fsp3) is 0.222. The van der Waals surface area contributed by atoms with Crippen LogP contribution < -0.4 is 5.32 Å². The lowest BCUT2D eigenvalue weighted by Gasteiger charge is -2.16. The van der Waals surface area contributed by atoms with Gasteiger partial charge >= 0.3 is 0 Å². The molecule has 0 saturated heterocycles. The summed E-state index contributed by atoms with van der Waals surface area (Å²) in [5, 5.41) is 3.58. The molecule has 22 heavy (non-hydrogen) atoms. The number of carbonyl (C=O) groups excluding carboxylic acids is 2. The number of hydrogen-bond donors (Lipinski definition) is 1. The molecular formula is C18H16ClNO2. The molecule has 1 saturated carbocycles. The van der Waals surface area contributed by atoms with Crippen LogP contribution in [0.25, 0.3) is 0 Å². The van der Waals surface area contributed by atoms with Gasteiger partial charge in [0.2, 0.25) is 5.91 Å². The fourth-order valence-corrected chi connectivity index (χ4v) is 2.79. The van der Waals surface area contributed by atoms with Crippen LogP contribution in [-0.2, 0) is 10.2 Å². The van der Waals surface area contributed by atoms with Crippen LogP contribution in [0.3, 0.4) is 0 Å². The average molecular weight is 314 g/mol. The zero-order valence-electron chi connectivity index (χ0n) is 12.2. The molecule has 0 heterocycles. The van der Waals surface area contributed by atoms with Crippen LogP contribution in [0.15, 0.2) is 48.5 Å². The Labute approximate surface area is 134 Å². The van der Waals surface area contributed by atoms with E-state index < -0.39 is 5.41 Å². The van der Waals surface area contributed by atoms with Gasteiger partial charge in [0.25, 0.3) is 0 Å². The van der Waals surface area contributed by atoms with Gasteiger partial charge in [0.05, 0.1) is 5.41 Å². The first-order valence-electron chi connectivity index (χ1n) is 7.20. The molecule has 1 amide bonds. The van der Waals surface area contributed by atoms with E-state index in [1.54, 1.807) is 30.3 Å². The Morgan fingerprint density at radius 3 is 2.32 bits per heavy atom. The lowest BCUT2D eigenvalue weighted by molar-refractivity contribution is -0.118. The van der Waals surface area contributed by atoms with Crippen molar-refractivity contribution in [3.8, 4) is 0 Å². The second-order valence-electron chi connectivity index (χ2n) is 5.68. The Balaban J connectivity index is 1.78. The number of halogens is 1. The first-order chi connectivity index (χ1) is 10.5. The third-order valence-corrected chi connectivity index (χ3v) is 4.35. The van der Waals surface area contributed by atoms with E-state index in [9.17, 15) is 9.59 Å². The fourth-order valence-electron chi connectivity index (χ4n) is 2.60. The van der Waals surface area contributed by atoms with Crippen molar-refractivity contribution in [1.82, 2.24) is 0 Å². The molecule has 0 aliphatic heterocycles. The minimum Gasteiger partial charge on any atom is -0.325 e. The van der Waals surface area contributed by atoms with E-state index in [-0.39, 0.29) is 11.7 Å². The van der Waals surface area contributed by atoms with Crippen LogP contribution in [0.2, 0.25) is 5.02 Å². The SMILES string of the molecule is CC(=O)c1ccc(NC(=O)C2(c3cccc(Cl)c3)CC2)cc1. The molecule has 1 N–H and O–H groups in total. The quantitative estimate of drug-likeness (QED) is 0.859. The Hall–Kier alpha value is -2.13. The number of benzene rings is 2. The number of carbonyl (C=O) groups is 2. The van der Waals surface area contributed by atoms with Gasteiger partial charge in [0.1, 0.15) is 0 Å². The summed E-state index contributed by atoms with van der Waals surface area (Å²) in [5.41, 5.74) is 1.82. The Bertz CT molecular complexity index is 733. The minimum absolute atomic E-state index is 0.00969. The third-order valence-electron chi connectivity index (χ3n) is 4.11. The van der Waals surface area contributed by atoms with Gasteiger partial charge in [-0.05, 0) is 61.7 Å². The molecule has 112 valence electrons. The van der Waals surface area contributed by atoms with E-state index in [4.69, 9.17) is 11.6 Å². The molecule has 3 nitrogen and oxygen atoms in total. The summed E-state index contributed by atoms with van der Waals surface area (Å²) in [4.78, 5) is 23.9. The lowest BCUT2D eigenvalue weighted by atomic mass is 9.95. The van der Waals surface area contributed by atoms with Gasteiger partial charge in [0, 0.05) is 16.3 Å². The van der Waals surface area contributed by atoms with E-state index in [0.717, 1.165) is 18.4 Å². The maximum atomic E-state index is 12.6. The van der Waals surface area contributed by atoms with Crippen LogP contribution in [-0.4, -0.2) is 11.7 Å². The van der Waals surface area contributed by atoms with E-state index in [2.05, 4.69) is 5.32 Å². The van der Waals surface area contributed by atoms with Gasteiger partial charge in [-0.1, -0.05) is 23.7 Å². The number of anilines is 1. The highest BCUT2D eigenvalue weighted by Crippen LogP contribution is 2.49. The third kappa shape index (κ3) is 2.77. The molecule has 0 radical (unpaired) electrons. The van der Waals surface area contributed by atoms with Gasteiger partial charge in [-0.25, -0.2) is 0 Å². The first-order valence-corrected chi connectivity index (χ1v) is 7.58. The number of amides is 1. The number of nitrogens with one attached hydrogen (secondary N) is 1. The van der Waals surface area contributed by atoms with Gasteiger partial charge in [0.15, 0.2) is 5.78 Å². The van der Waals surface area contributed by atoms with Crippen molar-refractivity contribution in [1.29, 1.82) is 0 Å².